The molecule has 0 atom stereocenters. The molecule has 26 heavy (non-hydrogen) atoms. The van der Waals surface area contributed by atoms with Crippen LogP contribution in [0.3, 0.4) is 0 Å². The molecule has 3 rings (SSSR count). The number of aromatic nitrogens is 2. The molecule has 1 N–H and O–H groups in total. The summed E-state index contributed by atoms with van der Waals surface area (Å²) in [6.45, 7) is 3.87. The second-order valence-electron chi connectivity index (χ2n) is 5.86. The van der Waals surface area contributed by atoms with Crippen molar-refractivity contribution in [1.29, 1.82) is 0 Å². The molecule has 1 heterocycles. The molecule has 3 aromatic rings. The maximum Gasteiger partial charge on any atom is 0.234 e. The first-order valence-corrected chi connectivity index (χ1v) is 9.47. The third-order valence-corrected chi connectivity index (χ3v) is 4.79. The Bertz CT molecular complexity index is 932. The number of benzene rings is 2. The lowest BCUT2D eigenvalue weighted by Crippen LogP contribution is -2.14. The standard InChI is InChI=1S/C20H18ClN3OS/c1-13-8-9-17(16(21)10-13)23-19(25)12-26-20-22-14(2)11-18(24-20)15-6-4-3-5-7-15/h3-11H,12H2,1-2H3,(H,23,25). The fourth-order valence-electron chi connectivity index (χ4n) is 2.40. The van der Waals surface area contributed by atoms with Crippen LogP contribution in [-0.4, -0.2) is 21.6 Å². The van der Waals surface area contributed by atoms with Gasteiger partial charge in [-0.3, -0.25) is 4.79 Å². The summed E-state index contributed by atoms with van der Waals surface area (Å²) in [5.74, 6) is 0.0640. The third kappa shape index (κ3) is 4.84. The Morgan fingerprint density at radius 2 is 1.85 bits per heavy atom. The van der Waals surface area contributed by atoms with Gasteiger partial charge in [0.15, 0.2) is 5.16 Å². The van der Waals surface area contributed by atoms with Crippen LogP contribution in [0, 0.1) is 13.8 Å². The molecule has 1 aromatic heterocycles. The van der Waals surface area contributed by atoms with Crippen LogP contribution in [0.15, 0.2) is 59.8 Å². The van der Waals surface area contributed by atoms with Crippen molar-refractivity contribution in [3.8, 4) is 11.3 Å². The number of carbonyl (C=O) groups is 1. The van der Waals surface area contributed by atoms with E-state index in [1.807, 2.05) is 62.4 Å². The second kappa shape index (κ2) is 8.34. The second-order valence-corrected chi connectivity index (χ2v) is 7.21. The highest BCUT2D eigenvalue weighted by atomic mass is 35.5. The van der Waals surface area contributed by atoms with E-state index in [2.05, 4.69) is 15.3 Å². The van der Waals surface area contributed by atoms with Gasteiger partial charge < -0.3 is 5.32 Å². The Kier molecular flexibility index (Phi) is 5.91. The van der Waals surface area contributed by atoms with E-state index in [0.29, 0.717) is 15.9 Å². The molecule has 2 aromatic carbocycles. The number of anilines is 1. The van der Waals surface area contributed by atoms with Gasteiger partial charge in [0.1, 0.15) is 0 Å². The van der Waals surface area contributed by atoms with Crippen molar-refractivity contribution in [3.05, 3.63) is 70.9 Å². The lowest BCUT2D eigenvalue weighted by Gasteiger charge is -2.08. The van der Waals surface area contributed by atoms with Crippen LogP contribution in [-0.2, 0) is 4.79 Å². The number of aryl methyl sites for hydroxylation is 2. The van der Waals surface area contributed by atoms with Gasteiger partial charge in [-0.05, 0) is 37.6 Å². The van der Waals surface area contributed by atoms with E-state index in [9.17, 15) is 4.79 Å². The average Bonchev–Trinajstić information content (AvgIpc) is 2.63. The van der Waals surface area contributed by atoms with Crippen molar-refractivity contribution in [2.45, 2.75) is 19.0 Å². The first-order chi connectivity index (χ1) is 12.5. The summed E-state index contributed by atoms with van der Waals surface area (Å²) >= 11 is 7.46. The van der Waals surface area contributed by atoms with Gasteiger partial charge in [0.2, 0.25) is 5.91 Å². The topological polar surface area (TPSA) is 54.9 Å². The first-order valence-electron chi connectivity index (χ1n) is 8.11. The zero-order chi connectivity index (χ0) is 18.5. The van der Waals surface area contributed by atoms with Crippen LogP contribution in [0.25, 0.3) is 11.3 Å². The lowest BCUT2D eigenvalue weighted by atomic mass is 10.1. The summed E-state index contributed by atoms with van der Waals surface area (Å²) in [5.41, 5.74) is 4.39. The van der Waals surface area contributed by atoms with Gasteiger partial charge in [0.25, 0.3) is 0 Å². The molecule has 4 nitrogen and oxygen atoms in total. The third-order valence-electron chi connectivity index (χ3n) is 3.63. The monoisotopic (exact) mass is 383 g/mol. The highest BCUT2D eigenvalue weighted by Crippen LogP contribution is 2.24. The smallest absolute Gasteiger partial charge is 0.234 e. The Morgan fingerprint density at radius 3 is 2.58 bits per heavy atom. The fourth-order valence-corrected chi connectivity index (χ4v) is 3.39. The minimum Gasteiger partial charge on any atom is -0.324 e. The number of halogens is 1. The van der Waals surface area contributed by atoms with E-state index in [1.54, 1.807) is 6.07 Å². The predicted octanol–water partition coefficient (Wildman–Crippen LogP) is 5.14. The van der Waals surface area contributed by atoms with E-state index in [1.165, 1.54) is 11.8 Å². The molecule has 0 saturated heterocycles. The first kappa shape index (κ1) is 18.4. The molecule has 1 amide bonds. The van der Waals surface area contributed by atoms with E-state index in [4.69, 9.17) is 11.6 Å². The van der Waals surface area contributed by atoms with Crippen molar-refractivity contribution in [3.63, 3.8) is 0 Å². The van der Waals surface area contributed by atoms with Crippen LogP contribution < -0.4 is 5.32 Å². The van der Waals surface area contributed by atoms with Gasteiger partial charge in [0.05, 0.1) is 22.2 Å². The molecule has 0 fully saturated rings. The maximum absolute atomic E-state index is 12.2. The number of hydrogen-bond acceptors (Lipinski definition) is 4. The summed E-state index contributed by atoms with van der Waals surface area (Å²) in [7, 11) is 0. The fraction of sp³-hybridized carbons (Fsp3) is 0.150. The van der Waals surface area contributed by atoms with Crippen LogP contribution in [0.1, 0.15) is 11.3 Å². The normalized spacial score (nSPS) is 10.6. The molecule has 0 aliphatic heterocycles. The van der Waals surface area contributed by atoms with Crippen molar-refractivity contribution in [2.75, 3.05) is 11.1 Å². The Balaban J connectivity index is 1.67. The number of hydrogen-bond donors (Lipinski definition) is 1. The number of carbonyl (C=O) groups excluding carboxylic acids is 1. The SMILES string of the molecule is Cc1ccc(NC(=O)CSc2nc(C)cc(-c3ccccc3)n2)c(Cl)c1. The van der Waals surface area contributed by atoms with Crippen molar-refractivity contribution >= 4 is 35.0 Å². The van der Waals surface area contributed by atoms with Gasteiger partial charge >= 0.3 is 0 Å². The Morgan fingerprint density at radius 1 is 1.08 bits per heavy atom. The number of amides is 1. The molecule has 0 bridgehead atoms. The summed E-state index contributed by atoms with van der Waals surface area (Å²) < 4.78 is 0. The molecule has 0 aliphatic carbocycles. The molecule has 132 valence electrons. The van der Waals surface area contributed by atoms with Gasteiger partial charge in [0, 0.05) is 11.3 Å². The molecule has 0 spiro atoms. The van der Waals surface area contributed by atoms with Crippen molar-refractivity contribution < 1.29 is 4.79 Å². The molecule has 0 aliphatic rings. The van der Waals surface area contributed by atoms with Gasteiger partial charge in [-0.1, -0.05) is 59.8 Å². The molecule has 6 heteroatoms. The summed E-state index contributed by atoms with van der Waals surface area (Å²) in [6.07, 6.45) is 0. The number of thioether (sulfide) groups is 1. The largest absolute Gasteiger partial charge is 0.324 e. The van der Waals surface area contributed by atoms with Gasteiger partial charge in [-0.2, -0.15) is 0 Å². The molecule has 0 saturated carbocycles. The lowest BCUT2D eigenvalue weighted by molar-refractivity contribution is -0.113. The maximum atomic E-state index is 12.2. The zero-order valence-electron chi connectivity index (χ0n) is 14.5. The average molecular weight is 384 g/mol. The summed E-state index contributed by atoms with van der Waals surface area (Å²) in [6, 6.07) is 17.4. The minimum atomic E-state index is -0.146. The number of nitrogens with zero attached hydrogens (tertiary/aromatic N) is 2. The molecular weight excluding hydrogens is 366 g/mol. The zero-order valence-corrected chi connectivity index (χ0v) is 16.1. The molecular formula is C20H18ClN3OS. The summed E-state index contributed by atoms with van der Waals surface area (Å²) in [4.78, 5) is 21.2. The molecule has 0 unspecified atom stereocenters. The minimum absolute atomic E-state index is 0.146. The van der Waals surface area contributed by atoms with Crippen LogP contribution >= 0.6 is 23.4 Å². The van der Waals surface area contributed by atoms with Crippen molar-refractivity contribution in [2.24, 2.45) is 0 Å². The highest BCUT2D eigenvalue weighted by Gasteiger charge is 2.10. The Labute approximate surface area is 162 Å². The quantitative estimate of drug-likeness (QED) is 0.489. The number of rotatable bonds is 5. The van der Waals surface area contributed by atoms with Crippen LogP contribution in [0.4, 0.5) is 5.69 Å². The van der Waals surface area contributed by atoms with Gasteiger partial charge in [-0.15, -0.1) is 0 Å². The Hall–Kier alpha value is -2.37. The van der Waals surface area contributed by atoms with Crippen LogP contribution in [0.2, 0.25) is 5.02 Å². The van der Waals surface area contributed by atoms with E-state index < -0.39 is 0 Å². The van der Waals surface area contributed by atoms with Crippen LogP contribution in [0.5, 0.6) is 0 Å². The van der Waals surface area contributed by atoms with E-state index in [0.717, 1.165) is 22.5 Å². The van der Waals surface area contributed by atoms with Gasteiger partial charge in [-0.25, -0.2) is 9.97 Å². The molecule has 0 radical (unpaired) electrons. The summed E-state index contributed by atoms with van der Waals surface area (Å²) in [5, 5.41) is 3.93. The van der Waals surface area contributed by atoms with E-state index >= 15 is 0 Å². The number of nitrogens with one attached hydrogen (secondary N) is 1. The predicted molar refractivity (Wildman–Crippen MR) is 108 cm³/mol. The van der Waals surface area contributed by atoms with E-state index in [-0.39, 0.29) is 11.7 Å². The highest BCUT2D eigenvalue weighted by molar-refractivity contribution is 7.99. The van der Waals surface area contributed by atoms with Crippen molar-refractivity contribution in [1.82, 2.24) is 9.97 Å².